The molecule has 0 aliphatic carbocycles. The van der Waals surface area contributed by atoms with Gasteiger partial charge in [-0.3, -0.25) is 14.8 Å². The topological polar surface area (TPSA) is 59.0 Å². The lowest BCUT2D eigenvalue weighted by atomic mass is 10.1. The first-order valence-electron chi connectivity index (χ1n) is 6.96. The number of nitrogens with one attached hydrogen (secondary N) is 2. The minimum atomic E-state index is -0.0618. The molecule has 1 saturated heterocycles. The summed E-state index contributed by atoms with van der Waals surface area (Å²) in [4.78, 5) is 12.0. The Morgan fingerprint density at radius 3 is 2.95 bits per heavy atom. The lowest BCUT2D eigenvalue weighted by molar-refractivity contribution is -0.122. The fourth-order valence-corrected chi connectivity index (χ4v) is 3.26. The van der Waals surface area contributed by atoms with Crippen LogP contribution in [0.25, 0.3) is 0 Å². The lowest BCUT2D eigenvalue weighted by Crippen LogP contribution is -2.41. The number of aromatic nitrogens is 2. The molecule has 1 atom stereocenters. The van der Waals surface area contributed by atoms with Crippen LogP contribution in [0.2, 0.25) is 0 Å². The minimum Gasteiger partial charge on any atom is -0.351 e. The van der Waals surface area contributed by atoms with E-state index in [9.17, 15) is 4.79 Å². The van der Waals surface area contributed by atoms with Crippen molar-refractivity contribution in [1.29, 1.82) is 0 Å². The molecule has 1 aliphatic heterocycles. The van der Waals surface area contributed by atoms with Gasteiger partial charge in [-0.1, -0.05) is 24.3 Å². The summed E-state index contributed by atoms with van der Waals surface area (Å²) in [6, 6.07) is 9.99. The number of nitrogens with zero attached hydrogens (tertiary/aromatic N) is 2. The first-order chi connectivity index (χ1) is 10.3. The third kappa shape index (κ3) is 3.65. The Balaban J connectivity index is 1.63. The van der Waals surface area contributed by atoms with Crippen LogP contribution in [0, 0.1) is 0 Å². The van der Waals surface area contributed by atoms with Crippen LogP contribution in [0.4, 0.5) is 0 Å². The number of carbonyl (C=O) groups excluding carboxylic acids is 1. The molecule has 1 unspecified atom stereocenters. The van der Waals surface area contributed by atoms with Gasteiger partial charge in [0.25, 0.3) is 0 Å². The van der Waals surface area contributed by atoms with E-state index in [1.165, 1.54) is 5.56 Å². The van der Waals surface area contributed by atoms with E-state index in [4.69, 9.17) is 0 Å². The molecule has 0 saturated carbocycles. The molecule has 0 spiro atoms. The summed E-state index contributed by atoms with van der Waals surface area (Å²) >= 11 is 1.75. The highest BCUT2D eigenvalue weighted by molar-refractivity contribution is 7.99. The zero-order valence-electron chi connectivity index (χ0n) is 11.7. The molecule has 1 fully saturated rings. The van der Waals surface area contributed by atoms with Gasteiger partial charge < -0.3 is 5.32 Å². The Bertz CT molecular complexity index is 593. The van der Waals surface area contributed by atoms with Gasteiger partial charge in [-0.15, -0.1) is 11.8 Å². The van der Waals surface area contributed by atoms with E-state index in [0.29, 0.717) is 6.54 Å². The van der Waals surface area contributed by atoms with Crippen LogP contribution < -0.4 is 10.6 Å². The normalized spacial score (nSPS) is 17.8. The van der Waals surface area contributed by atoms with E-state index in [-0.39, 0.29) is 11.9 Å². The number of hydrogen-bond acceptors (Lipinski definition) is 4. The molecule has 2 heterocycles. The van der Waals surface area contributed by atoms with Crippen molar-refractivity contribution in [2.24, 2.45) is 0 Å². The van der Waals surface area contributed by atoms with E-state index in [1.807, 2.05) is 29.1 Å². The fraction of sp³-hybridized carbons (Fsp3) is 0.333. The monoisotopic (exact) mass is 302 g/mol. The average molecular weight is 302 g/mol. The van der Waals surface area contributed by atoms with Crippen molar-refractivity contribution in [3.8, 4) is 0 Å². The third-order valence-electron chi connectivity index (χ3n) is 3.50. The zero-order valence-corrected chi connectivity index (χ0v) is 12.5. The average Bonchev–Trinajstić information content (AvgIpc) is 3.19. The number of hydrogen-bond donors (Lipinski definition) is 2. The van der Waals surface area contributed by atoms with E-state index in [0.717, 1.165) is 23.7 Å². The van der Waals surface area contributed by atoms with Crippen molar-refractivity contribution in [3.05, 3.63) is 53.9 Å². The van der Waals surface area contributed by atoms with Gasteiger partial charge in [0.1, 0.15) is 0 Å². The van der Waals surface area contributed by atoms with E-state index in [2.05, 4.69) is 27.9 Å². The van der Waals surface area contributed by atoms with Gasteiger partial charge in [-0.05, 0) is 17.2 Å². The maximum absolute atomic E-state index is 12.0. The second kappa shape index (κ2) is 6.78. The molecule has 6 heteroatoms. The van der Waals surface area contributed by atoms with Gasteiger partial charge in [0.05, 0.1) is 12.6 Å². The molecule has 2 aromatic rings. The van der Waals surface area contributed by atoms with Crippen molar-refractivity contribution in [3.63, 3.8) is 0 Å². The summed E-state index contributed by atoms with van der Waals surface area (Å²) in [6.45, 7) is 1.27. The summed E-state index contributed by atoms with van der Waals surface area (Å²) in [5.74, 6) is 1.78. The Labute approximate surface area is 128 Å². The molecular weight excluding hydrogens is 284 g/mol. The molecule has 110 valence electrons. The Hall–Kier alpha value is -1.79. The van der Waals surface area contributed by atoms with Gasteiger partial charge in [-0.25, -0.2) is 0 Å². The highest BCUT2D eigenvalue weighted by Gasteiger charge is 2.22. The number of amides is 1. The second-order valence-corrected chi connectivity index (χ2v) is 5.99. The second-order valence-electron chi connectivity index (χ2n) is 4.96. The van der Waals surface area contributed by atoms with Crippen LogP contribution in [-0.2, 0) is 17.9 Å². The molecule has 3 rings (SSSR count). The molecule has 5 nitrogen and oxygen atoms in total. The molecule has 1 aliphatic rings. The van der Waals surface area contributed by atoms with Crippen LogP contribution in [0.1, 0.15) is 11.1 Å². The van der Waals surface area contributed by atoms with E-state index >= 15 is 0 Å². The predicted molar refractivity (Wildman–Crippen MR) is 83.9 cm³/mol. The summed E-state index contributed by atoms with van der Waals surface area (Å²) < 4.78 is 1.88. The number of carbonyl (C=O) groups is 1. The van der Waals surface area contributed by atoms with Crippen LogP contribution in [0.15, 0.2) is 42.7 Å². The quantitative estimate of drug-likeness (QED) is 0.871. The number of benzene rings is 1. The molecule has 1 aromatic heterocycles. The Kier molecular flexibility index (Phi) is 4.57. The highest BCUT2D eigenvalue weighted by atomic mass is 32.2. The van der Waals surface area contributed by atoms with Gasteiger partial charge in [-0.2, -0.15) is 5.10 Å². The highest BCUT2D eigenvalue weighted by Crippen LogP contribution is 2.12. The van der Waals surface area contributed by atoms with Crippen LogP contribution in [0.3, 0.4) is 0 Å². The van der Waals surface area contributed by atoms with Crippen molar-refractivity contribution in [2.45, 2.75) is 19.1 Å². The zero-order chi connectivity index (χ0) is 14.5. The summed E-state index contributed by atoms with van der Waals surface area (Å²) in [5.41, 5.74) is 2.31. The summed E-state index contributed by atoms with van der Waals surface area (Å²) in [7, 11) is 0. The molecule has 2 N–H and O–H groups in total. The van der Waals surface area contributed by atoms with E-state index < -0.39 is 0 Å². The fourth-order valence-electron chi connectivity index (χ4n) is 2.32. The first-order valence-corrected chi connectivity index (χ1v) is 8.11. The molecule has 21 heavy (non-hydrogen) atoms. The lowest BCUT2D eigenvalue weighted by Gasteiger charge is -2.13. The first kappa shape index (κ1) is 14.2. The minimum absolute atomic E-state index is 0.0618. The molecule has 1 aromatic carbocycles. The predicted octanol–water partition coefficient (Wildman–Crippen LogP) is 1.21. The maximum atomic E-state index is 12.0. The maximum Gasteiger partial charge on any atom is 0.238 e. The molecule has 1 amide bonds. The SMILES string of the molecule is O=C(NCc1ccccc1Cn1cccn1)C1CSCN1. The third-order valence-corrected chi connectivity index (χ3v) is 4.44. The largest absolute Gasteiger partial charge is 0.351 e. The van der Waals surface area contributed by atoms with Gasteiger partial charge in [0, 0.05) is 30.6 Å². The van der Waals surface area contributed by atoms with Crippen molar-refractivity contribution >= 4 is 17.7 Å². The molecular formula is C15H18N4OS. The Morgan fingerprint density at radius 1 is 1.38 bits per heavy atom. The summed E-state index contributed by atoms with van der Waals surface area (Å²) in [5, 5.41) is 10.4. The number of rotatable bonds is 5. The summed E-state index contributed by atoms with van der Waals surface area (Å²) in [6.07, 6.45) is 3.71. The number of thioether (sulfide) groups is 1. The van der Waals surface area contributed by atoms with Crippen molar-refractivity contribution in [2.75, 3.05) is 11.6 Å². The smallest absolute Gasteiger partial charge is 0.238 e. The van der Waals surface area contributed by atoms with E-state index in [1.54, 1.807) is 18.0 Å². The van der Waals surface area contributed by atoms with Crippen LogP contribution in [0.5, 0.6) is 0 Å². The van der Waals surface area contributed by atoms with Gasteiger partial charge in [0.2, 0.25) is 5.91 Å². The standard InChI is InChI=1S/C15H18N4OS/c20-15(14-10-21-11-17-14)16-8-12-4-1-2-5-13(12)9-19-7-3-6-18-19/h1-7,14,17H,8-11H2,(H,16,20). The van der Waals surface area contributed by atoms with Crippen molar-refractivity contribution < 1.29 is 4.79 Å². The Morgan fingerprint density at radius 2 is 2.24 bits per heavy atom. The molecule has 0 bridgehead atoms. The van der Waals surface area contributed by atoms with Gasteiger partial charge >= 0.3 is 0 Å². The van der Waals surface area contributed by atoms with Crippen LogP contribution >= 0.6 is 11.8 Å². The van der Waals surface area contributed by atoms with Gasteiger partial charge in [0.15, 0.2) is 0 Å². The molecule has 0 radical (unpaired) electrons. The van der Waals surface area contributed by atoms with Crippen LogP contribution in [-0.4, -0.2) is 33.4 Å². The van der Waals surface area contributed by atoms with Crippen molar-refractivity contribution in [1.82, 2.24) is 20.4 Å².